The first-order valence-corrected chi connectivity index (χ1v) is 10.0. The quantitative estimate of drug-likeness (QED) is 0.790. The van der Waals surface area contributed by atoms with Crippen LogP contribution in [-0.4, -0.2) is 48.4 Å². The third-order valence-corrected chi connectivity index (χ3v) is 5.10. The molecule has 0 aromatic heterocycles. The van der Waals surface area contributed by atoms with E-state index in [9.17, 15) is 14.4 Å². The Morgan fingerprint density at radius 2 is 1.90 bits per heavy atom. The fourth-order valence-electron chi connectivity index (χ4n) is 3.40. The van der Waals surface area contributed by atoms with Gasteiger partial charge < -0.3 is 19.9 Å². The molecule has 2 aromatic rings. The van der Waals surface area contributed by atoms with Gasteiger partial charge in [0.2, 0.25) is 11.8 Å². The van der Waals surface area contributed by atoms with E-state index in [1.165, 1.54) is 4.90 Å². The van der Waals surface area contributed by atoms with E-state index in [-0.39, 0.29) is 36.7 Å². The fraction of sp³-hybridized carbons (Fsp3) is 0.318. The molecule has 1 aliphatic rings. The highest BCUT2D eigenvalue weighted by Crippen LogP contribution is 2.31. The molecule has 158 valence electrons. The number of ether oxygens (including phenoxy) is 1. The number of amides is 3. The second kappa shape index (κ2) is 9.17. The van der Waals surface area contributed by atoms with Crippen LogP contribution in [-0.2, 0) is 14.4 Å². The lowest BCUT2D eigenvalue weighted by Crippen LogP contribution is -2.47. The van der Waals surface area contributed by atoms with Crippen LogP contribution in [0.3, 0.4) is 0 Å². The van der Waals surface area contributed by atoms with E-state index in [1.807, 2.05) is 6.92 Å². The summed E-state index contributed by atoms with van der Waals surface area (Å²) in [7, 11) is 1.56. The molecular formula is C22H24ClN3O4. The molecule has 8 heteroatoms. The number of hydrogen-bond acceptors (Lipinski definition) is 4. The number of rotatable bonds is 5. The van der Waals surface area contributed by atoms with Gasteiger partial charge in [-0.25, -0.2) is 0 Å². The van der Waals surface area contributed by atoms with Gasteiger partial charge in [-0.15, -0.1) is 0 Å². The average molecular weight is 430 g/mol. The van der Waals surface area contributed by atoms with Gasteiger partial charge in [0.1, 0.15) is 5.75 Å². The van der Waals surface area contributed by atoms with Crippen molar-refractivity contribution < 1.29 is 19.1 Å². The van der Waals surface area contributed by atoms with Gasteiger partial charge >= 0.3 is 0 Å². The van der Waals surface area contributed by atoms with E-state index in [0.29, 0.717) is 22.1 Å². The minimum Gasteiger partial charge on any atom is -0.481 e. The molecule has 0 saturated heterocycles. The van der Waals surface area contributed by atoms with Crippen molar-refractivity contribution in [2.75, 3.05) is 23.8 Å². The summed E-state index contributed by atoms with van der Waals surface area (Å²) < 4.78 is 5.66. The lowest BCUT2D eigenvalue weighted by Gasteiger charge is -2.30. The molecule has 0 spiro atoms. The van der Waals surface area contributed by atoms with Gasteiger partial charge in [-0.2, -0.15) is 0 Å². The van der Waals surface area contributed by atoms with Crippen molar-refractivity contribution in [3.8, 4) is 5.75 Å². The number of carbonyl (C=O) groups is 3. The van der Waals surface area contributed by atoms with Gasteiger partial charge in [0, 0.05) is 24.5 Å². The van der Waals surface area contributed by atoms with Crippen molar-refractivity contribution in [2.24, 2.45) is 0 Å². The first kappa shape index (κ1) is 21.6. The average Bonchev–Trinajstić information content (AvgIpc) is 2.83. The Labute approximate surface area is 180 Å². The summed E-state index contributed by atoms with van der Waals surface area (Å²) in [6.45, 7) is 3.30. The molecule has 1 N–H and O–H groups in total. The Bertz CT molecular complexity index is 948. The molecule has 0 saturated carbocycles. The molecule has 0 radical (unpaired) electrons. The summed E-state index contributed by atoms with van der Waals surface area (Å²) in [6, 6.07) is 13.5. The predicted molar refractivity (Wildman–Crippen MR) is 116 cm³/mol. The number of hydrogen-bond donors (Lipinski definition) is 1. The van der Waals surface area contributed by atoms with Crippen LogP contribution in [0.4, 0.5) is 11.4 Å². The second-order valence-electron chi connectivity index (χ2n) is 7.29. The lowest BCUT2D eigenvalue weighted by atomic mass is 10.1. The Morgan fingerprint density at radius 3 is 2.60 bits per heavy atom. The molecule has 1 heterocycles. The number of fused-ring (bicyclic) bond motifs is 1. The Hall–Kier alpha value is -3.06. The molecule has 30 heavy (non-hydrogen) atoms. The van der Waals surface area contributed by atoms with Crippen molar-refractivity contribution in [1.82, 2.24) is 4.90 Å². The standard InChI is InChI=1S/C22H24ClN3O4/c1-14-12-20(27)24-18-6-4-5-7-19(18)26(14)21(28)13-25(3)22(29)15(2)30-17-10-8-16(23)9-11-17/h4-11,14-15H,12-13H2,1-3H3,(H,24,27). The van der Waals surface area contributed by atoms with Gasteiger partial charge in [-0.3, -0.25) is 14.4 Å². The van der Waals surface area contributed by atoms with E-state index in [2.05, 4.69) is 5.32 Å². The SMILES string of the molecule is CC(Oc1ccc(Cl)cc1)C(=O)N(C)CC(=O)N1c2ccccc2NC(=O)CC1C. The maximum atomic E-state index is 13.1. The summed E-state index contributed by atoms with van der Waals surface area (Å²) in [5, 5.41) is 3.39. The number of anilines is 2. The highest BCUT2D eigenvalue weighted by molar-refractivity contribution is 6.30. The molecule has 2 unspecified atom stereocenters. The van der Waals surface area contributed by atoms with E-state index >= 15 is 0 Å². The summed E-state index contributed by atoms with van der Waals surface area (Å²) in [5.74, 6) is -0.247. The highest BCUT2D eigenvalue weighted by atomic mass is 35.5. The summed E-state index contributed by atoms with van der Waals surface area (Å²) in [5.41, 5.74) is 1.20. The number of halogens is 1. The number of likely N-dealkylation sites (N-methyl/N-ethyl adjacent to an activating group) is 1. The van der Waals surface area contributed by atoms with Crippen LogP contribution in [0.5, 0.6) is 5.75 Å². The maximum Gasteiger partial charge on any atom is 0.263 e. The van der Waals surface area contributed by atoms with E-state index < -0.39 is 6.10 Å². The third kappa shape index (κ3) is 4.91. The fourth-order valence-corrected chi connectivity index (χ4v) is 3.53. The van der Waals surface area contributed by atoms with Gasteiger partial charge in [0.05, 0.1) is 17.9 Å². The topological polar surface area (TPSA) is 79.0 Å². The maximum absolute atomic E-state index is 13.1. The number of nitrogens with one attached hydrogen (secondary N) is 1. The molecule has 2 atom stereocenters. The summed E-state index contributed by atoms with van der Waals surface area (Å²) in [4.78, 5) is 40.8. The third-order valence-electron chi connectivity index (χ3n) is 4.85. The number of carbonyl (C=O) groups excluding carboxylic acids is 3. The zero-order valence-electron chi connectivity index (χ0n) is 17.1. The van der Waals surface area contributed by atoms with Crippen molar-refractivity contribution in [3.63, 3.8) is 0 Å². The first-order chi connectivity index (χ1) is 14.3. The molecule has 3 rings (SSSR count). The highest BCUT2D eigenvalue weighted by Gasteiger charge is 2.31. The van der Waals surface area contributed by atoms with E-state index in [0.717, 1.165) is 0 Å². The molecule has 0 bridgehead atoms. The largest absolute Gasteiger partial charge is 0.481 e. The molecule has 0 aliphatic carbocycles. The molecule has 1 aliphatic heterocycles. The summed E-state index contributed by atoms with van der Waals surface area (Å²) >= 11 is 5.86. The Morgan fingerprint density at radius 1 is 1.23 bits per heavy atom. The smallest absolute Gasteiger partial charge is 0.263 e. The van der Waals surface area contributed by atoms with Crippen LogP contribution in [0.25, 0.3) is 0 Å². The molecule has 0 fully saturated rings. The van der Waals surface area contributed by atoms with Crippen molar-refractivity contribution >= 4 is 40.7 Å². The predicted octanol–water partition coefficient (Wildman–Crippen LogP) is 3.33. The van der Waals surface area contributed by atoms with Crippen LogP contribution < -0.4 is 15.0 Å². The molecule has 2 aromatic carbocycles. The minimum absolute atomic E-state index is 0.139. The zero-order chi connectivity index (χ0) is 21.8. The number of benzene rings is 2. The van der Waals surface area contributed by atoms with Crippen molar-refractivity contribution in [1.29, 1.82) is 0 Å². The second-order valence-corrected chi connectivity index (χ2v) is 7.73. The minimum atomic E-state index is -0.777. The van der Waals surface area contributed by atoms with Crippen molar-refractivity contribution in [3.05, 3.63) is 53.6 Å². The molecular weight excluding hydrogens is 406 g/mol. The van der Waals surface area contributed by atoms with Crippen LogP contribution in [0.15, 0.2) is 48.5 Å². The van der Waals surface area contributed by atoms with Gasteiger partial charge in [0.15, 0.2) is 6.10 Å². The zero-order valence-corrected chi connectivity index (χ0v) is 17.8. The molecule has 7 nitrogen and oxygen atoms in total. The number of nitrogens with zero attached hydrogens (tertiary/aromatic N) is 2. The van der Waals surface area contributed by atoms with Crippen LogP contribution in [0, 0.1) is 0 Å². The summed E-state index contributed by atoms with van der Waals surface area (Å²) in [6.07, 6.45) is -0.602. The van der Waals surface area contributed by atoms with Gasteiger partial charge in [-0.05, 0) is 50.2 Å². The number of para-hydroxylation sites is 2. The Kier molecular flexibility index (Phi) is 6.62. The lowest BCUT2D eigenvalue weighted by molar-refractivity contribution is -0.139. The normalized spacial score (nSPS) is 16.7. The van der Waals surface area contributed by atoms with E-state index in [1.54, 1.807) is 67.4 Å². The van der Waals surface area contributed by atoms with Crippen LogP contribution in [0.1, 0.15) is 20.3 Å². The van der Waals surface area contributed by atoms with Gasteiger partial charge in [-0.1, -0.05) is 23.7 Å². The van der Waals surface area contributed by atoms with Crippen LogP contribution in [0.2, 0.25) is 5.02 Å². The molecule has 3 amide bonds. The van der Waals surface area contributed by atoms with Crippen LogP contribution >= 0.6 is 11.6 Å². The van der Waals surface area contributed by atoms with E-state index in [4.69, 9.17) is 16.3 Å². The Balaban J connectivity index is 1.70. The van der Waals surface area contributed by atoms with Crippen molar-refractivity contribution in [2.45, 2.75) is 32.4 Å². The first-order valence-electron chi connectivity index (χ1n) is 9.64. The van der Waals surface area contributed by atoms with Gasteiger partial charge in [0.25, 0.3) is 5.91 Å². The monoisotopic (exact) mass is 429 g/mol.